The molecule has 9 nitrogen and oxygen atoms in total. The molecule has 0 bridgehead atoms. The molecule has 1 fully saturated rings. The smallest absolute Gasteiger partial charge is 0.257 e. The number of nitrogens with one attached hydrogen (secondary N) is 1. The minimum absolute atomic E-state index is 0.0583. The number of hydrogen-bond donors (Lipinski definition) is 1. The number of anilines is 2. The molecular weight excluding hydrogens is 322 g/mol. The summed E-state index contributed by atoms with van der Waals surface area (Å²) >= 11 is 0. The second-order valence-electron chi connectivity index (χ2n) is 5.54. The topological polar surface area (TPSA) is 96.4 Å². The SMILES string of the molecule is COCCNc1ncc(C(=O)N2CCN(c3ncccn3)CC2)cn1. The summed E-state index contributed by atoms with van der Waals surface area (Å²) in [5.74, 6) is 1.13. The fourth-order valence-corrected chi connectivity index (χ4v) is 2.54. The quantitative estimate of drug-likeness (QED) is 0.748. The van der Waals surface area contributed by atoms with Crippen LogP contribution >= 0.6 is 0 Å². The molecule has 3 heterocycles. The molecule has 25 heavy (non-hydrogen) atoms. The summed E-state index contributed by atoms with van der Waals surface area (Å²) in [6.07, 6.45) is 6.55. The van der Waals surface area contributed by atoms with Crippen LogP contribution in [-0.4, -0.2) is 77.2 Å². The van der Waals surface area contributed by atoms with E-state index in [1.807, 2.05) is 0 Å². The number of carbonyl (C=O) groups is 1. The average molecular weight is 343 g/mol. The molecule has 2 aromatic rings. The monoisotopic (exact) mass is 343 g/mol. The molecule has 132 valence electrons. The first-order valence-electron chi connectivity index (χ1n) is 8.14. The average Bonchev–Trinajstić information content (AvgIpc) is 2.69. The van der Waals surface area contributed by atoms with Crippen molar-refractivity contribution >= 4 is 17.8 Å². The van der Waals surface area contributed by atoms with Gasteiger partial charge in [0.1, 0.15) is 0 Å². The molecule has 1 aliphatic heterocycles. The van der Waals surface area contributed by atoms with Gasteiger partial charge in [-0.25, -0.2) is 19.9 Å². The zero-order valence-corrected chi connectivity index (χ0v) is 14.1. The molecule has 0 atom stereocenters. The zero-order chi connectivity index (χ0) is 17.5. The Morgan fingerprint density at radius 2 is 1.80 bits per heavy atom. The third-order valence-electron chi connectivity index (χ3n) is 3.89. The number of hydrogen-bond acceptors (Lipinski definition) is 8. The lowest BCUT2D eigenvalue weighted by molar-refractivity contribution is 0.0745. The van der Waals surface area contributed by atoms with Crippen LogP contribution in [0, 0.1) is 0 Å². The van der Waals surface area contributed by atoms with Crippen molar-refractivity contribution in [3.8, 4) is 0 Å². The van der Waals surface area contributed by atoms with E-state index in [9.17, 15) is 4.79 Å². The van der Waals surface area contributed by atoms with Crippen LogP contribution in [0.5, 0.6) is 0 Å². The second kappa shape index (κ2) is 8.34. The highest BCUT2D eigenvalue weighted by Crippen LogP contribution is 2.12. The maximum Gasteiger partial charge on any atom is 0.257 e. The number of amides is 1. The Labute approximate surface area is 146 Å². The summed E-state index contributed by atoms with van der Waals surface area (Å²) in [4.78, 5) is 33.3. The molecule has 0 saturated carbocycles. The highest BCUT2D eigenvalue weighted by Gasteiger charge is 2.23. The number of nitrogens with zero attached hydrogens (tertiary/aromatic N) is 6. The Morgan fingerprint density at radius 3 is 2.44 bits per heavy atom. The van der Waals surface area contributed by atoms with Crippen molar-refractivity contribution in [2.45, 2.75) is 0 Å². The van der Waals surface area contributed by atoms with Gasteiger partial charge >= 0.3 is 0 Å². The molecule has 0 aromatic carbocycles. The summed E-state index contributed by atoms with van der Waals surface area (Å²) in [7, 11) is 1.63. The summed E-state index contributed by atoms with van der Waals surface area (Å²) in [5, 5.41) is 3.02. The second-order valence-corrected chi connectivity index (χ2v) is 5.54. The molecule has 0 spiro atoms. The van der Waals surface area contributed by atoms with E-state index in [0.29, 0.717) is 56.8 Å². The normalized spacial score (nSPS) is 14.4. The minimum atomic E-state index is -0.0583. The number of aromatic nitrogens is 4. The molecular formula is C16H21N7O2. The molecule has 3 rings (SSSR count). The van der Waals surface area contributed by atoms with Crippen LogP contribution in [0.15, 0.2) is 30.9 Å². The van der Waals surface area contributed by atoms with Crippen molar-refractivity contribution in [2.75, 3.05) is 56.7 Å². The van der Waals surface area contributed by atoms with E-state index in [1.54, 1.807) is 42.9 Å². The van der Waals surface area contributed by atoms with Gasteiger partial charge in [-0.2, -0.15) is 0 Å². The first kappa shape index (κ1) is 17.0. The van der Waals surface area contributed by atoms with Crippen LogP contribution < -0.4 is 10.2 Å². The molecule has 1 saturated heterocycles. The molecule has 2 aromatic heterocycles. The number of ether oxygens (including phenoxy) is 1. The Morgan fingerprint density at radius 1 is 1.12 bits per heavy atom. The van der Waals surface area contributed by atoms with Crippen LogP contribution in [0.3, 0.4) is 0 Å². The standard InChI is InChI=1S/C16H21N7O2/c1-25-10-5-17-15-20-11-13(12-21-15)14(24)22-6-8-23(9-7-22)16-18-3-2-4-19-16/h2-4,11-12H,5-10H2,1H3,(H,17,20,21). The van der Waals surface area contributed by atoms with E-state index in [-0.39, 0.29) is 5.91 Å². The maximum atomic E-state index is 12.6. The molecule has 1 amide bonds. The zero-order valence-electron chi connectivity index (χ0n) is 14.1. The van der Waals surface area contributed by atoms with Gasteiger partial charge in [0.15, 0.2) is 0 Å². The Bertz CT molecular complexity index is 673. The molecule has 1 N–H and O–H groups in total. The Kier molecular flexibility index (Phi) is 5.68. The summed E-state index contributed by atoms with van der Waals surface area (Å²) in [6, 6.07) is 1.79. The van der Waals surface area contributed by atoms with Crippen LogP contribution in [0.4, 0.5) is 11.9 Å². The summed E-state index contributed by atoms with van der Waals surface area (Å²) in [6.45, 7) is 3.82. The van der Waals surface area contributed by atoms with Crippen molar-refractivity contribution in [1.82, 2.24) is 24.8 Å². The molecule has 9 heteroatoms. The van der Waals surface area contributed by atoms with E-state index < -0.39 is 0 Å². The predicted molar refractivity (Wildman–Crippen MR) is 92.5 cm³/mol. The number of methoxy groups -OCH3 is 1. The first-order chi connectivity index (χ1) is 12.3. The van der Waals surface area contributed by atoms with Crippen molar-refractivity contribution in [3.63, 3.8) is 0 Å². The summed E-state index contributed by atoms with van der Waals surface area (Å²) < 4.78 is 4.95. The van der Waals surface area contributed by atoms with Crippen LogP contribution in [0.1, 0.15) is 10.4 Å². The van der Waals surface area contributed by atoms with Crippen LogP contribution in [0.2, 0.25) is 0 Å². The Hall–Kier alpha value is -2.81. The highest BCUT2D eigenvalue weighted by molar-refractivity contribution is 5.93. The van der Waals surface area contributed by atoms with Gasteiger partial charge in [0.05, 0.1) is 12.2 Å². The van der Waals surface area contributed by atoms with Crippen LogP contribution in [0.25, 0.3) is 0 Å². The lowest BCUT2D eigenvalue weighted by Gasteiger charge is -2.34. The van der Waals surface area contributed by atoms with E-state index in [1.165, 1.54) is 0 Å². The van der Waals surface area contributed by atoms with Gasteiger partial charge in [0.2, 0.25) is 11.9 Å². The van der Waals surface area contributed by atoms with E-state index in [2.05, 4.69) is 30.2 Å². The van der Waals surface area contributed by atoms with Gasteiger partial charge in [-0.15, -0.1) is 0 Å². The van der Waals surface area contributed by atoms with Gasteiger partial charge in [0, 0.05) is 64.6 Å². The third-order valence-corrected chi connectivity index (χ3v) is 3.89. The molecule has 1 aliphatic rings. The predicted octanol–water partition coefficient (Wildman–Crippen LogP) is 0.287. The fourth-order valence-electron chi connectivity index (χ4n) is 2.54. The number of piperazine rings is 1. The number of rotatable bonds is 6. The minimum Gasteiger partial charge on any atom is -0.383 e. The lowest BCUT2D eigenvalue weighted by atomic mass is 10.2. The maximum absolute atomic E-state index is 12.6. The van der Waals surface area contributed by atoms with Gasteiger partial charge in [0.25, 0.3) is 5.91 Å². The van der Waals surface area contributed by atoms with Crippen molar-refractivity contribution in [3.05, 3.63) is 36.4 Å². The Balaban J connectivity index is 1.53. The molecule has 0 unspecified atom stereocenters. The fraction of sp³-hybridized carbons (Fsp3) is 0.438. The van der Waals surface area contributed by atoms with E-state index in [0.717, 1.165) is 0 Å². The van der Waals surface area contributed by atoms with Gasteiger partial charge in [-0.05, 0) is 6.07 Å². The van der Waals surface area contributed by atoms with Crippen molar-refractivity contribution < 1.29 is 9.53 Å². The van der Waals surface area contributed by atoms with Crippen molar-refractivity contribution in [2.24, 2.45) is 0 Å². The van der Waals surface area contributed by atoms with E-state index >= 15 is 0 Å². The first-order valence-corrected chi connectivity index (χ1v) is 8.14. The van der Waals surface area contributed by atoms with Crippen molar-refractivity contribution in [1.29, 1.82) is 0 Å². The van der Waals surface area contributed by atoms with Crippen LogP contribution in [-0.2, 0) is 4.74 Å². The molecule has 0 aliphatic carbocycles. The van der Waals surface area contributed by atoms with Gasteiger partial charge in [-0.3, -0.25) is 4.79 Å². The number of carbonyl (C=O) groups excluding carboxylic acids is 1. The third kappa shape index (κ3) is 4.38. The lowest BCUT2D eigenvalue weighted by Crippen LogP contribution is -2.49. The summed E-state index contributed by atoms with van der Waals surface area (Å²) in [5.41, 5.74) is 0.488. The van der Waals surface area contributed by atoms with Gasteiger partial charge in [-0.1, -0.05) is 0 Å². The van der Waals surface area contributed by atoms with E-state index in [4.69, 9.17) is 4.74 Å². The largest absolute Gasteiger partial charge is 0.383 e. The highest BCUT2D eigenvalue weighted by atomic mass is 16.5. The van der Waals surface area contributed by atoms with Gasteiger partial charge < -0.3 is 19.9 Å². The molecule has 0 radical (unpaired) electrons.